The molecule has 0 bridgehead atoms. The molecule has 1 saturated heterocycles. The van der Waals surface area contributed by atoms with Gasteiger partial charge in [0.05, 0.1) is 37.0 Å². The van der Waals surface area contributed by atoms with Crippen molar-refractivity contribution in [3.63, 3.8) is 0 Å². The minimum absolute atomic E-state index is 0.0833. The van der Waals surface area contributed by atoms with Crippen molar-refractivity contribution in [2.45, 2.75) is 18.8 Å². The van der Waals surface area contributed by atoms with Gasteiger partial charge in [-0.1, -0.05) is 35.9 Å². The first-order valence-electron chi connectivity index (χ1n) is 11.0. The van der Waals surface area contributed by atoms with Crippen molar-refractivity contribution in [1.29, 1.82) is 0 Å². The Hall–Kier alpha value is -3.98. The van der Waals surface area contributed by atoms with E-state index in [4.69, 9.17) is 21.1 Å². The number of hydrogen-bond acceptors (Lipinski definition) is 5. The number of amides is 1. The molecule has 3 aromatic rings. The SMILES string of the molecule is COc1cccc(C2/C(=C(\O)c3cc(Cl)ccc3OC)C(=O)C(=O)N2Cc2cccc(C(F)(F)F)c2)c1. The number of halogens is 4. The highest BCUT2D eigenvalue weighted by Gasteiger charge is 2.46. The third-order valence-corrected chi connectivity index (χ3v) is 6.21. The van der Waals surface area contributed by atoms with Gasteiger partial charge in [-0.15, -0.1) is 0 Å². The monoisotopic (exact) mass is 531 g/mol. The Morgan fingerprint density at radius 2 is 1.73 bits per heavy atom. The third kappa shape index (κ3) is 5.13. The Labute approximate surface area is 215 Å². The number of aliphatic hydroxyl groups is 1. The average molecular weight is 532 g/mol. The van der Waals surface area contributed by atoms with Crippen LogP contribution in [0.4, 0.5) is 13.2 Å². The lowest BCUT2D eigenvalue weighted by Gasteiger charge is -2.26. The fourth-order valence-electron chi connectivity index (χ4n) is 4.25. The summed E-state index contributed by atoms with van der Waals surface area (Å²) >= 11 is 6.11. The summed E-state index contributed by atoms with van der Waals surface area (Å²) in [5, 5.41) is 11.5. The zero-order chi connectivity index (χ0) is 26.9. The number of carbonyl (C=O) groups is 2. The molecule has 1 unspecified atom stereocenters. The maximum absolute atomic E-state index is 13.3. The number of hydrogen-bond donors (Lipinski definition) is 1. The molecule has 0 radical (unpaired) electrons. The second-order valence-corrected chi connectivity index (χ2v) is 8.68. The van der Waals surface area contributed by atoms with Crippen LogP contribution in [0.2, 0.25) is 5.02 Å². The number of Topliss-reactive ketones (excluding diaryl/α,β-unsaturated/α-hetero) is 1. The molecule has 192 valence electrons. The number of rotatable bonds is 6. The van der Waals surface area contributed by atoms with Gasteiger partial charge in [0.15, 0.2) is 0 Å². The minimum Gasteiger partial charge on any atom is -0.507 e. The molecule has 0 spiro atoms. The summed E-state index contributed by atoms with van der Waals surface area (Å²) in [6, 6.07) is 14.3. The Morgan fingerprint density at radius 3 is 2.41 bits per heavy atom. The molecule has 10 heteroatoms. The molecule has 1 heterocycles. The van der Waals surface area contributed by atoms with E-state index in [9.17, 15) is 27.9 Å². The number of nitrogens with zero attached hydrogens (tertiary/aromatic N) is 1. The van der Waals surface area contributed by atoms with Gasteiger partial charge in [0.1, 0.15) is 17.3 Å². The number of aliphatic hydroxyl groups excluding tert-OH is 1. The zero-order valence-corrected chi connectivity index (χ0v) is 20.4. The van der Waals surface area contributed by atoms with E-state index in [1.54, 1.807) is 24.3 Å². The van der Waals surface area contributed by atoms with Gasteiger partial charge >= 0.3 is 6.18 Å². The first-order chi connectivity index (χ1) is 17.5. The number of benzene rings is 3. The van der Waals surface area contributed by atoms with Crippen LogP contribution in [0.3, 0.4) is 0 Å². The summed E-state index contributed by atoms with van der Waals surface area (Å²) in [6.07, 6.45) is -4.58. The van der Waals surface area contributed by atoms with Crippen LogP contribution in [-0.4, -0.2) is 35.9 Å². The molecule has 0 saturated carbocycles. The van der Waals surface area contributed by atoms with Crippen molar-refractivity contribution >= 4 is 29.1 Å². The first kappa shape index (κ1) is 26.1. The van der Waals surface area contributed by atoms with E-state index in [1.807, 2.05) is 0 Å². The van der Waals surface area contributed by atoms with E-state index in [1.165, 1.54) is 44.6 Å². The second kappa shape index (κ2) is 10.2. The number of likely N-dealkylation sites (tertiary alicyclic amines) is 1. The second-order valence-electron chi connectivity index (χ2n) is 8.25. The minimum atomic E-state index is -4.58. The van der Waals surface area contributed by atoms with E-state index < -0.39 is 35.2 Å². The molecule has 1 amide bonds. The Morgan fingerprint density at radius 1 is 1.00 bits per heavy atom. The molecule has 0 aliphatic carbocycles. The Bertz CT molecular complexity index is 1400. The largest absolute Gasteiger partial charge is 0.507 e. The lowest BCUT2D eigenvalue weighted by Crippen LogP contribution is -2.29. The first-order valence-corrected chi connectivity index (χ1v) is 11.4. The standard InChI is InChI=1S/C27H21ClF3NO5/c1-36-19-8-4-6-16(12-19)23-22(24(33)20-13-18(28)9-10-21(20)37-2)25(34)26(35)32(23)14-15-5-3-7-17(11-15)27(29,30)31/h3-13,23,33H,14H2,1-2H3/b24-22+. The predicted octanol–water partition coefficient (Wildman–Crippen LogP) is 6.00. The summed E-state index contributed by atoms with van der Waals surface area (Å²) in [7, 11) is 2.81. The van der Waals surface area contributed by atoms with Crippen LogP contribution < -0.4 is 9.47 Å². The van der Waals surface area contributed by atoms with E-state index in [0.717, 1.165) is 17.0 Å². The molecule has 3 aromatic carbocycles. The lowest BCUT2D eigenvalue weighted by atomic mass is 9.94. The van der Waals surface area contributed by atoms with Gasteiger partial charge in [-0.2, -0.15) is 13.2 Å². The van der Waals surface area contributed by atoms with E-state index in [-0.39, 0.29) is 34.0 Å². The van der Waals surface area contributed by atoms with Crippen molar-refractivity contribution in [3.05, 3.63) is 99.6 Å². The highest BCUT2D eigenvalue weighted by molar-refractivity contribution is 6.46. The summed E-state index contributed by atoms with van der Waals surface area (Å²) < 4.78 is 50.5. The van der Waals surface area contributed by atoms with Gasteiger partial charge in [-0.25, -0.2) is 0 Å². The Balaban J connectivity index is 1.90. The van der Waals surface area contributed by atoms with Gasteiger partial charge < -0.3 is 19.5 Å². The number of alkyl halides is 3. The highest BCUT2D eigenvalue weighted by Crippen LogP contribution is 2.43. The number of ether oxygens (including phenoxy) is 2. The van der Waals surface area contributed by atoms with Crippen molar-refractivity contribution in [1.82, 2.24) is 4.90 Å². The average Bonchev–Trinajstić information content (AvgIpc) is 3.13. The molecular weight excluding hydrogens is 511 g/mol. The molecule has 0 aromatic heterocycles. The maximum Gasteiger partial charge on any atom is 0.416 e. The van der Waals surface area contributed by atoms with Crippen molar-refractivity contribution in [2.75, 3.05) is 14.2 Å². The summed E-state index contributed by atoms with van der Waals surface area (Å²) in [5.74, 6) is -1.89. The van der Waals surface area contributed by atoms with Crippen LogP contribution in [-0.2, 0) is 22.3 Å². The fraction of sp³-hybridized carbons (Fsp3) is 0.185. The number of ketones is 1. The van der Waals surface area contributed by atoms with Crippen LogP contribution in [0.5, 0.6) is 11.5 Å². The Kier molecular flexibility index (Phi) is 7.18. The number of methoxy groups -OCH3 is 2. The van der Waals surface area contributed by atoms with Gasteiger partial charge in [0, 0.05) is 11.6 Å². The summed E-state index contributed by atoms with van der Waals surface area (Å²) in [4.78, 5) is 27.6. The van der Waals surface area contributed by atoms with Crippen molar-refractivity contribution in [2.24, 2.45) is 0 Å². The third-order valence-electron chi connectivity index (χ3n) is 5.97. The molecule has 1 aliphatic rings. The fourth-order valence-corrected chi connectivity index (χ4v) is 4.43. The molecule has 1 atom stereocenters. The van der Waals surface area contributed by atoms with E-state index in [0.29, 0.717) is 11.3 Å². The maximum atomic E-state index is 13.3. The zero-order valence-electron chi connectivity index (χ0n) is 19.7. The van der Waals surface area contributed by atoms with Crippen LogP contribution >= 0.6 is 11.6 Å². The summed E-state index contributed by atoms with van der Waals surface area (Å²) in [6.45, 7) is -0.320. The molecule has 37 heavy (non-hydrogen) atoms. The van der Waals surface area contributed by atoms with Crippen LogP contribution in [0.25, 0.3) is 5.76 Å². The van der Waals surface area contributed by atoms with E-state index in [2.05, 4.69) is 0 Å². The predicted molar refractivity (Wildman–Crippen MR) is 130 cm³/mol. The number of carbonyl (C=O) groups excluding carboxylic acids is 2. The van der Waals surface area contributed by atoms with Crippen LogP contribution in [0.1, 0.15) is 28.3 Å². The molecular formula is C27H21ClF3NO5. The highest BCUT2D eigenvalue weighted by atomic mass is 35.5. The van der Waals surface area contributed by atoms with Gasteiger partial charge in [0.2, 0.25) is 0 Å². The quantitative estimate of drug-likeness (QED) is 0.240. The van der Waals surface area contributed by atoms with Gasteiger partial charge in [-0.3, -0.25) is 9.59 Å². The van der Waals surface area contributed by atoms with Crippen LogP contribution in [0, 0.1) is 0 Å². The molecule has 1 aliphatic heterocycles. The molecule has 1 N–H and O–H groups in total. The normalized spacial score (nSPS) is 17.2. The van der Waals surface area contributed by atoms with Crippen molar-refractivity contribution < 1.29 is 37.3 Å². The van der Waals surface area contributed by atoms with Crippen LogP contribution in [0.15, 0.2) is 72.3 Å². The summed E-state index contributed by atoms with van der Waals surface area (Å²) in [5.41, 5.74) is -0.494. The molecule has 6 nitrogen and oxygen atoms in total. The van der Waals surface area contributed by atoms with Crippen molar-refractivity contribution in [3.8, 4) is 11.5 Å². The topological polar surface area (TPSA) is 76.1 Å². The van der Waals surface area contributed by atoms with Gasteiger partial charge in [0.25, 0.3) is 11.7 Å². The van der Waals surface area contributed by atoms with Gasteiger partial charge in [-0.05, 0) is 53.6 Å². The molecule has 1 fully saturated rings. The van der Waals surface area contributed by atoms with E-state index >= 15 is 0 Å². The lowest BCUT2D eigenvalue weighted by molar-refractivity contribution is -0.140. The molecule has 4 rings (SSSR count). The smallest absolute Gasteiger partial charge is 0.416 e.